The monoisotopic (exact) mass is 512 g/mol. The van der Waals surface area contributed by atoms with Crippen molar-refractivity contribution >= 4 is 0 Å². The Balaban J connectivity index is 1.91. The van der Waals surface area contributed by atoms with Gasteiger partial charge in [0, 0.05) is 36.3 Å². The van der Waals surface area contributed by atoms with Crippen LogP contribution in [0.1, 0.15) is 74.9 Å². The van der Waals surface area contributed by atoms with Crippen LogP contribution in [0.3, 0.4) is 0 Å². The molecule has 0 saturated carbocycles. The third kappa shape index (κ3) is 5.21. The quantitative estimate of drug-likeness (QED) is 0.445. The van der Waals surface area contributed by atoms with Gasteiger partial charge < -0.3 is 24.4 Å². The maximum absolute atomic E-state index is 11.7. The fourth-order valence-corrected chi connectivity index (χ4v) is 5.98. The molecule has 2 aliphatic heterocycles. The topological polar surface area (TPSA) is 74.6 Å². The van der Waals surface area contributed by atoms with Crippen LogP contribution >= 0.6 is 0 Å². The van der Waals surface area contributed by atoms with Crippen molar-refractivity contribution in [2.45, 2.75) is 65.5 Å². The zero-order valence-electron chi connectivity index (χ0n) is 23.7. The first-order valence-electron chi connectivity index (χ1n) is 13.5. The Morgan fingerprint density at radius 2 is 1.24 bits per heavy atom. The van der Waals surface area contributed by atoms with Crippen molar-refractivity contribution in [2.75, 3.05) is 41.4 Å². The Bertz CT molecular complexity index is 1130. The standard InChI is InChI=1S/C30H44N2O5/c1-17(2)13-21-25-19(9-11-31(21)5)16-24(36-8)29(28(25)34)37-30-26-20(15-23(35-7)27(30)33)10-12-32(6)22(26)14-18(3)4/h15-18,21-22,33-34H,9-14H2,1-8H3/t21-,22+/m1/s1. The fourth-order valence-electron chi connectivity index (χ4n) is 5.98. The minimum atomic E-state index is -0.0553. The second kappa shape index (κ2) is 11.0. The number of rotatable bonds is 8. The van der Waals surface area contributed by atoms with Gasteiger partial charge in [-0.25, -0.2) is 0 Å². The number of hydrogen-bond acceptors (Lipinski definition) is 7. The fraction of sp³-hybridized carbons (Fsp3) is 0.600. The summed E-state index contributed by atoms with van der Waals surface area (Å²) in [6.07, 6.45) is 3.48. The molecule has 0 aromatic heterocycles. The third-order valence-electron chi connectivity index (χ3n) is 7.92. The van der Waals surface area contributed by atoms with Gasteiger partial charge in [-0.15, -0.1) is 0 Å². The van der Waals surface area contributed by atoms with Crippen LogP contribution in [0.25, 0.3) is 0 Å². The molecule has 7 nitrogen and oxygen atoms in total. The Labute approximate surface area is 221 Å². The molecule has 37 heavy (non-hydrogen) atoms. The van der Waals surface area contributed by atoms with Crippen molar-refractivity contribution in [3.63, 3.8) is 0 Å². The van der Waals surface area contributed by atoms with E-state index in [0.717, 1.165) is 61.0 Å². The number of benzene rings is 2. The van der Waals surface area contributed by atoms with E-state index in [1.165, 1.54) is 0 Å². The first kappa shape index (κ1) is 27.4. The summed E-state index contributed by atoms with van der Waals surface area (Å²) in [5.41, 5.74) is 4.03. The number of likely N-dealkylation sites (N-methyl/N-ethyl adjacent to an activating group) is 2. The van der Waals surface area contributed by atoms with E-state index in [2.05, 4.69) is 51.6 Å². The average molecular weight is 513 g/mol. The second-order valence-corrected chi connectivity index (χ2v) is 11.5. The lowest BCUT2D eigenvalue weighted by Crippen LogP contribution is -2.33. The van der Waals surface area contributed by atoms with Crippen LogP contribution in [0.5, 0.6) is 34.5 Å². The van der Waals surface area contributed by atoms with Crippen molar-refractivity contribution in [3.8, 4) is 34.5 Å². The molecule has 0 bridgehead atoms. The van der Waals surface area contributed by atoms with E-state index in [9.17, 15) is 10.2 Å². The number of phenols is 2. The summed E-state index contributed by atoms with van der Waals surface area (Å²) >= 11 is 0. The third-order valence-corrected chi connectivity index (χ3v) is 7.92. The smallest absolute Gasteiger partial charge is 0.211 e. The average Bonchev–Trinajstić information content (AvgIpc) is 2.84. The number of ether oxygens (including phenoxy) is 3. The summed E-state index contributed by atoms with van der Waals surface area (Å²) in [6, 6.07) is 4.06. The van der Waals surface area contributed by atoms with Gasteiger partial charge in [-0.1, -0.05) is 27.7 Å². The predicted molar refractivity (Wildman–Crippen MR) is 146 cm³/mol. The van der Waals surface area contributed by atoms with E-state index >= 15 is 0 Å². The number of fused-ring (bicyclic) bond motifs is 2. The number of aromatic hydroxyl groups is 2. The molecule has 0 spiro atoms. The SMILES string of the molecule is COc1cc2c(c(Oc3c(OC)cc4c(c3O)[C@@H](CC(C)C)N(C)CC4)c1O)[C@H](CC(C)C)N(C)CC2. The Kier molecular flexibility index (Phi) is 8.14. The molecule has 7 heteroatoms. The molecule has 2 atom stereocenters. The van der Waals surface area contributed by atoms with E-state index in [-0.39, 0.29) is 29.3 Å². The minimum Gasteiger partial charge on any atom is -0.504 e. The molecule has 4 rings (SSSR count). The molecular formula is C30H44N2O5. The molecule has 2 aromatic carbocycles. The lowest BCUT2D eigenvalue weighted by atomic mass is 9.86. The molecule has 0 saturated heterocycles. The summed E-state index contributed by atoms with van der Waals surface area (Å²) < 4.78 is 17.8. The zero-order chi connectivity index (χ0) is 27.0. The molecule has 0 aliphatic carbocycles. The molecule has 2 aromatic rings. The second-order valence-electron chi connectivity index (χ2n) is 11.5. The highest BCUT2D eigenvalue weighted by Crippen LogP contribution is 2.54. The van der Waals surface area contributed by atoms with E-state index in [1.807, 2.05) is 12.1 Å². The summed E-state index contributed by atoms with van der Waals surface area (Å²) in [6.45, 7) is 10.6. The summed E-state index contributed by atoms with van der Waals surface area (Å²) in [7, 11) is 7.36. The van der Waals surface area contributed by atoms with Gasteiger partial charge in [-0.2, -0.15) is 0 Å². The molecule has 0 fully saturated rings. The van der Waals surface area contributed by atoms with Gasteiger partial charge in [-0.3, -0.25) is 9.80 Å². The van der Waals surface area contributed by atoms with Gasteiger partial charge in [0.05, 0.1) is 14.2 Å². The number of nitrogens with zero attached hydrogens (tertiary/aromatic N) is 2. The van der Waals surface area contributed by atoms with Crippen molar-refractivity contribution in [1.29, 1.82) is 0 Å². The van der Waals surface area contributed by atoms with E-state index in [0.29, 0.717) is 29.1 Å². The van der Waals surface area contributed by atoms with Gasteiger partial charge >= 0.3 is 0 Å². The lowest BCUT2D eigenvalue weighted by Gasteiger charge is -2.38. The van der Waals surface area contributed by atoms with Gasteiger partial charge in [0.1, 0.15) is 0 Å². The van der Waals surface area contributed by atoms with Crippen LogP contribution < -0.4 is 14.2 Å². The number of hydrogen-bond donors (Lipinski definition) is 2. The number of phenolic OH excluding ortho intramolecular Hbond substituents is 2. The maximum Gasteiger partial charge on any atom is 0.211 e. The van der Waals surface area contributed by atoms with Crippen LogP contribution in [-0.2, 0) is 12.8 Å². The van der Waals surface area contributed by atoms with Crippen LogP contribution in [0.2, 0.25) is 0 Å². The molecule has 2 N–H and O–H groups in total. The predicted octanol–water partition coefficient (Wildman–Crippen LogP) is 6.06. The van der Waals surface area contributed by atoms with E-state index in [1.54, 1.807) is 14.2 Å². The molecule has 0 amide bonds. The number of methoxy groups -OCH3 is 2. The highest BCUT2D eigenvalue weighted by Gasteiger charge is 2.36. The Morgan fingerprint density at radius 3 is 1.76 bits per heavy atom. The highest BCUT2D eigenvalue weighted by molar-refractivity contribution is 5.66. The van der Waals surface area contributed by atoms with Crippen molar-refractivity contribution in [2.24, 2.45) is 11.8 Å². The molecular weight excluding hydrogens is 468 g/mol. The lowest BCUT2D eigenvalue weighted by molar-refractivity contribution is 0.192. The first-order chi connectivity index (χ1) is 17.6. The van der Waals surface area contributed by atoms with E-state index in [4.69, 9.17) is 14.2 Å². The van der Waals surface area contributed by atoms with Crippen molar-refractivity contribution < 1.29 is 24.4 Å². The maximum atomic E-state index is 11.7. The normalized spacial score (nSPS) is 20.2. The molecule has 204 valence electrons. The highest BCUT2D eigenvalue weighted by atomic mass is 16.5. The molecule has 2 aliphatic rings. The zero-order valence-corrected chi connectivity index (χ0v) is 23.7. The van der Waals surface area contributed by atoms with Crippen LogP contribution in [0, 0.1) is 11.8 Å². The summed E-state index contributed by atoms with van der Waals surface area (Å²) in [4.78, 5) is 4.62. The van der Waals surface area contributed by atoms with Gasteiger partial charge in [0.15, 0.2) is 23.0 Å². The van der Waals surface area contributed by atoms with Crippen LogP contribution in [-0.4, -0.2) is 61.4 Å². The van der Waals surface area contributed by atoms with Gasteiger partial charge in [0.25, 0.3) is 0 Å². The minimum absolute atomic E-state index is 0.0553. The first-order valence-corrected chi connectivity index (χ1v) is 13.5. The van der Waals surface area contributed by atoms with E-state index < -0.39 is 0 Å². The van der Waals surface area contributed by atoms with Gasteiger partial charge in [0.2, 0.25) is 11.5 Å². The van der Waals surface area contributed by atoms with Crippen molar-refractivity contribution in [3.05, 3.63) is 34.4 Å². The summed E-state index contributed by atoms with van der Waals surface area (Å²) in [5.74, 6) is 2.37. The Morgan fingerprint density at radius 1 is 0.757 bits per heavy atom. The van der Waals surface area contributed by atoms with Crippen molar-refractivity contribution in [1.82, 2.24) is 9.80 Å². The molecule has 2 heterocycles. The van der Waals surface area contributed by atoms with Gasteiger partial charge in [-0.05, 0) is 74.9 Å². The molecule has 0 radical (unpaired) electrons. The van der Waals surface area contributed by atoms with Crippen LogP contribution in [0.15, 0.2) is 12.1 Å². The largest absolute Gasteiger partial charge is 0.504 e. The molecule has 0 unspecified atom stereocenters. The Hall–Kier alpha value is -2.64. The van der Waals surface area contributed by atoms with Crippen LogP contribution in [0.4, 0.5) is 0 Å². The summed E-state index contributed by atoms with van der Waals surface area (Å²) in [5, 5.41) is 23.1.